The van der Waals surface area contributed by atoms with Crippen molar-refractivity contribution in [3.05, 3.63) is 194 Å². The topological polar surface area (TPSA) is 0 Å². The van der Waals surface area contributed by atoms with Crippen LogP contribution >= 0.6 is 31.7 Å². The molecule has 0 radical (unpaired) electrons. The Kier molecular flexibility index (Phi) is 10.7. The highest BCUT2D eigenvalue weighted by Gasteiger charge is 2.27. The third-order valence-electron chi connectivity index (χ3n) is 8.63. The summed E-state index contributed by atoms with van der Waals surface area (Å²) in [5.41, 5.74) is 0. The van der Waals surface area contributed by atoms with Gasteiger partial charge in [0.25, 0.3) is 0 Å². The maximum atomic E-state index is 2.48. The summed E-state index contributed by atoms with van der Waals surface area (Å²) in [6, 6.07) is 72.2. The third kappa shape index (κ3) is 7.02. The SMILES string of the molecule is CP(c1ccccc1P(C)c1ccccc1P(c1ccccc1)c1ccccc1)c1ccccc1P(c1ccccc1)c1ccccc1. The van der Waals surface area contributed by atoms with Gasteiger partial charge in [-0.1, -0.05) is 194 Å². The summed E-state index contributed by atoms with van der Waals surface area (Å²) in [6.45, 7) is 4.96. The van der Waals surface area contributed by atoms with Crippen molar-refractivity contribution in [2.24, 2.45) is 0 Å². The minimum absolute atomic E-state index is 0.623. The Morgan fingerprint density at radius 1 is 0.229 bits per heavy atom. The molecule has 0 aliphatic carbocycles. The minimum Gasteiger partial charge on any atom is -0.0622 e. The van der Waals surface area contributed by atoms with Crippen molar-refractivity contribution in [2.45, 2.75) is 0 Å². The molecule has 0 aromatic heterocycles. The summed E-state index contributed by atoms with van der Waals surface area (Å²) in [7, 11) is -2.65. The van der Waals surface area contributed by atoms with E-state index in [0.29, 0.717) is 0 Å². The van der Waals surface area contributed by atoms with Crippen LogP contribution in [0.25, 0.3) is 0 Å². The molecule has 7 rings (SSSR count). The van der Waals surface area contributed by atoms with Crippen molar-refractivity contribution in [1.29, 1.82) is 0 Å². The maximum Gasteiger partial charge on any atom is -0.00709 e. The van der Waals surface area contributed by atoms with Crippen molar-refractivity contribution < 1.29 is 0 Å². The van der Waals surface area contributed by atoms with Crippen LogP contribution in [0.1, 0.15) is 0 Å². The van der Waals surface area contributed by atoms with E-state index in [2.05, 4.69) is 207 Å². The van der Waals surface area contributed by atoms with Crippen molar-refractivity contribution in [3.63, 3.8) is 0 Å². The molecule has 4 heteroatoms. The van der Waals surface area contributed by atoms with Crippen LogP contribution in [0.3, 0.4) is 0 Å². The summed E-state index contributed by atoms with van der Waals surface area (Å²) in [5.74, 6) is 0. The molecule has 0 aliphatic rings. The summed E-state index contributed by atoms with van der Waals surface area (Å²) < 4.78 is 0. The zero-order valence-corrected chi connectivity index (χ0v) is 30.8. The van der Waals surface area contributed by atoms with Gasteiger partial charge in [-0.05, 0) is 98.1 Å². The third-order valence-corrected chi connectivity index (χ3v) is 18.6. The number of hydrogen-bond donors (Lipinski definition) is 0. The van der Waals surface area contributed by atoms with E-state index in [0.717, 1.165) is 0 Å². The molecule has 0 bridgehead atoms. The van der Waals surface area contributed by atoms with Crippen molar-refractivity contribution in [2.75, 3.05) is 13.3 Å². The first-order chi connectivity index (χ1) is 23.7. The molecule has 2 unspecified atom stereocenters. The lowest BCUT2D eigenvalue weighted by molar-refractivity contribution is 1.74. The van der Waals surface area contributed by atoms with Gasteiger partial charge in [0, 0.05) is 0 Å². The Morgan fingerprint density at radius 2 is 0.417 bits per heavy atom. The fourth-order valence-electron chi connectivity index (χ4n) is 6.33. The van der Waals surface area contributed by atoms with E-state index in [1.165, 1.54) is 53.0 Å². The summed E-state index contributed by atoms with van der Waals surface area (Å²) >= 11 is 0. The second kappa shape index (κ2) is 15.7. The highest BCUT2D eigenvalue weighted by molar-refractivity contribution is 7.85. The lowest BCUT2D eigenvalue weighted by Crippen LogP contribution is -2.37. The first-order valence-corrected chi connectivity index (χ1v) is 22.5. The van der Waals surface area contributed by atoms with E-state index in [9.17, 15) is 0 Å². The summed E-state index contributed by atoms with van der Waals surface area (Å²) in [5, 5.41) is 14.4. The molecule has 7 aromatic rings. The molecule has 0 amide bonds. The molecule has 7 aromatic carbocycles. The molecule has 2 atom stereocenters. The van der Waals surface area contributed by atoms with Gasteiger partial charge in [-0.15, -0.1) is 0 Å². The van der Waals surface area contributed by atoms with E-state index >= 15 is 0 Å². The van der Waals surface area contributed by atoms with E-state index in [-0.39, 0.29) is 0 Å². The molecular formula is C44H38P4. The van der Waals surface area contributed by atoms with E-state index < -0.39 is 31.7 Å². The zero-order valence-electron chi connectivity index (χ0n) is 27.3. The van der Waals surface area contributed by atoms with Crippen LogP contribution < -0.4 is 53.0 Å². The van der Waals surface area contributed by atoms with Gasteiger partial charge in [0.15, 0.2) is 0 Å². The molecule has 0 N–H and O–H groups in total. The lowest BCUT2D eigenvalue weighted by Gasteiger charge is -2.29. The quantitative estimate of drug-likeness (QED) is 0.132. The summed E-state index contributed by atoms with van der Waals surface area (Å²) in [4.78, 5) is 0. The minimum atomic E-state index is -0.700. The van der Waals surface area contributed by atoms with Gasteiger partial charge in [-0.2, -0.15) is 0 Å². The van der Waals surface area contributed by atoms with E-state index in [1.54, 1.807) is 0 Å². The highest BCUT2D eigenvalue weighted by Crippen LogP contribution is 2.41. The Hall–Kier alpha value is -3.74. The van der Waals surface area contributed by atoms with Crippen molar-refractivity contribution in [1.82, 2.24) is 0 Å². The zero-order chi connectivity index (χ0) is 32.7. The standard InChI is InChI=1S/C44H38P4/c1-45(41-31-17-19-33-43(41)47(35-21-7-3-8-22-35)36-23-9-4-10-24-36)39-29-15-16-30-40(39)46(2)42-32-18-20-34-44(42)48(37-25-11-5-12-26-37)38-27-13-6-14-28-38/h3-34H,1-2H3. The first kappa shape index (κ1) is 32.8. The highest BCUT2D eigenvalue weighted by atomic mass is 31.1. The normalized spacial score (nSPS) is 12.6. The molecular weight excluding hydrogens is 652 g/mol. The van der Waals surface area contributed by atoms with Crippen LogP contribution in [0.2, 0.25) is 0 Å². The molecule has 48 heavy (non-hydrogen) atoms. The Balaban J connectivity index is 1.33. The van der Waals surface area contributed by atoms with Gasteiger partial charge >= 0.3 is 0 Å². The number of hydrogen-bond acceptors (Lipinski definition) is 0. The van der Waals surface area contributed by atoms with Gasteiger partial charge in [0.2, 0.25) is 0 Å². The van der Waals surface area contributed by atoms with E-state index in [4.69, 9.17) is 0 Å². The molecule has 0 heterocycles. The number of benzene rings is 7. The largest absolute Gasteiger partial charge is 0.0622 e. The van der Waals surface area contributed by atoms with Crippen LogP contribution in [0.5, 0.6) is 0 Å². The van der Waals surface area contributed by atoms with Crippen LogP contribution in [-0.2, 0) is 0 Å². The first-order valence-electron chi connectivity index (χ1n) is 16.3. The molecule has 0 fully saturated rings. The monoisotopic (exact) mass is 690 g/mol. The average molecular weight is 691 g/mol. The molecule has 0 saturated heterocycles. The molecule has 234 valence electrons. The fourth-order valence-corrected chi connectivity index (χ4v) is 16.8. The van der Waals surface area contributed by atoms with Crippen LogP contribution in [-0.4, -0.2) is 13.3 Å². The summed E-state index contributed by atoms with van der Waals surface area (Å²) in [6.07, 6.45) is 0. The predicted molar refractivity (Wildman–Crippen MR) is 221 cm³/mol. The van der Waals surface area contributed by atoms with Gasteiger partial charge in [-0.25, -0.2) is 0 Å². The molecule has 0 aliphatic heterocycles. The molecule has 0 saturated carbocycles. The fraction of sp³-hybridized carbons (Fsp3) is 0.0455. The van der Waals surface area contributed by atoms with Crippen LogP contribution in [0.15, 0.2) is 194 Å². The second-order valence-electron chi connectivity index (χ2n) is 11.6. The average Bonchev–Trinajstić information content (AvgIpc) is 3.17. The van der Waals surface area contributed by atoms with Gasteiger partial charge in [-0.3, -0.25) is 0 Å². The van der Waals surface area contributed by atoms with Crippen molar-refractivity contribution >= 4 is 84.7 Å². The predicted octanol–water partition coefficient (Wildman–Crippen LogP) is 7.33. The van der Waals surface area contributed by atoms with Crippen LogP contribution in [0.4, 0.5) is 0 Å². The van der Waals surface area contributed by atoms with Gasteiger partial charge < -0.3 is 0 Å². The maximum absolute atomic E-state index is 2.48. The Bertz CT molecular complexity index is 1830. The Labute approximate surface area is 291 Å². The van der Waals surface area contributed by atoms with Gasteiger partial charge in [0.1, 0.15) is 0 Å². The van der Waals surface area contributed by atoms with E-state index in [1.807, 2.05) is 0 Å². The van der Waals surface area contributed by atoms with Gasteiger partial charge in [0.05, 0.1) is 0 Å². The molecule has 0 spiro atoms. The second-order valence-corrected chi connectivity index (χ2v) is 20.1. The number of rotatable bonds is 10. The van der Waals surface area contributed by atoms with Crippen molar-refractivity contribution in [3.8, 4) is 0 Å². The smallest absolute Gasteiger partial charge is 0.00709 e. The Morgan fingerprint density at radius 3 is 0.667 bits per heavy atom. The molecule has 0 nitrogen and oxygen atoms in total. The van der Waals surface area contributed by atoms with Crippen LogP contribution in [0, 0.1) is 0 Å². The lowest BCUT2D eigenvalue weighted by atomic mass is 10.3.